The number of benzene rings is 7. The second-order valence-corrected chi connectivity index (χ2v) is 13.4. The maximum atomic E-state index is 6.71. The van der Waals surface area contributed by atoms with Gasteiger partial charge >= 0.3 is 0 Å². The second kappa shape index (κ2) is 10.1. The molecule has 230 valence electrons. The molecule has 0 aliphatic heterocycles. The fraction of sp³-hybridized carbons (Fsp3) is 0. The number of oxazole rings is 1. The molecule has 0 fully saturated rings. The van der Waals surface area contributed by atoms with Crippen LogP contribution in [0.4, 0.5) is 17.1 Å². The summed E-state index contributed by atoms with van der Waals surface area (Å²) in [6.07, 6.45) is 0. The van der Waals surface area contributed by atoms with Gasteiger partial charge in [-0.3, -0.25) is 0 Å². The van der Waals surface area contributed by atoms with E-state index in [2.05, 4.69) is 89.8 Å². The van der Waals surface area contributed by atoms with Crippen LogP contribution in [0.3, 0.4) is 0 Å². The first-order valence-electron chi connectivity index (χ1n) is 16.2. The molecule has 49 heavy (non-hydrogen) atoms. The summed E-state index contributed by atoms with van der Waals surface area (Å²) in [5.41, 5.74) is 8.45. The molecule has 4 heterocycles. The monoisotopic (exact) mass is 648 g/mol. The predicted molar refractivity (Wildman–Crippen MR) is 202 cm³/mol. The van der Waals surface area contributed by atoms with E-state index in [9.17, 15) is 0 Å². The largest absolute Gasteiger partial charge is 0.456 e. The zero-order valence-electron chi connectivity index (χ0n) is 25.9. The molecule has 0 N–H and O–H groups in total. The number of fused-ring (bicyclic) bond motifs is 11. The number of furan rings is 2. The van der Waals surface area contributed by atoms with Crippen LogP contribution in [0, 0.1) is 0 Å². The summed E-state index contributed by atoms with van der Waals surface area (Å²) in [6, 6.07) is 50.2. The molecule has 0 spiro atoms. The predicted octanol–water partition coefficient (Wildman–Crippen LogP) is 13.1. The topological polar surface area (TPSA) is 55.6 Å². The van der Waals surface area contributed by atoms with Crippen molar-refractivity contribution in [2.45, 2.75) is 0 Å². The first-order chi connectivity index (χ1) is 24.3. The molecule has 0 atom stereocenters. The number of para-hydroxylation sites is 2. The van der Waals surface area contributed by atoms with Crippen molar-refractivity contribution in [2.24, 2.45) is 0 Å². The highest BCUT2D eigenvalue weighted by atomic mass is 32.1. The molecular weight excluding hydrogens is 625 g/mol. The van der Waals surface area contributed by atoms with Gasteiger partial charge in [0.05, 0.1) is 11.1 Å². The number of aromatic nitrogens is 1. The van der Waals surface area contributed by atoms with Crippen molar-refractivity contribution in [3.05, 3.63) is 146 Å². The molecule has 0 aliphatic rings. The summed E-state index contributed by atoms with van der Waals surface area (Å²) in [5.74, 6) is 0.561. The summed E-state index contributed by atoms with van der Waals surface area (Å²) in [5, 5.41) is 6.54. The standard InChI is InChI=1S/C43H24N2O3S/c1-2-10-25(11-3-1)43-44-41-33(24-37-40(42(41)48-43)31-14-5-8-16-35(31)47-37)45(26-19-21-36-32(22-26)28-12-4-7-15-34(28)46-36)27-18-20-30-29-13-6-9-17-38(29)49-39(30)23-27/h1-24H. The third kappa shape index (κ3) is 3.95. The Bertz CT molecular complexity index is 3070. The zero-order valence-corrected chi connectivity index (χ0v) is 26.7. The van der Waals surface area contributed by atoms with E-state index in [1.165, 1.54) is 20.2 Å². The average Bonchev–Trinajstić information content (AvgIpc) is 3.93. The molecule has 11 rings (SSSR count). The van der Waals surface area contributed by atoms with Crippen LogP contribution in [0.15, 0.2) is 159 Å². The number of hydrogen-bond donors (Lipinski definition) is 0. The Morgan fingerprint density at radius 2 is 1.12 bits per heavy atom. The van der Waals surface area contributed by atoms with Gasteiger partial charge in [-0.2, -0.15) is 0 Å². The second-order valence-electron chi connectivity index (χ2n) is 12.3. The molecule has 4 aromatic heterocycles. The fourth-order valence-electron chi connectivity index (χ4n) is 7.26. The van der Waals surface area contributed by atoms with E-state index >= 15 is 0 Å². The fourth-order valence-corrected chi connectivity index (χ4v) is 8.40. The molecule has 0 amide bonds. The van der Waals surface area contributed by atoms with Gasteiger partial charge < -0.3 is 18.2 Å². The maximum Gasteiger partial charge on any atom is 0.227 e. The van der Waals surface area contributed by atoms with Crippen molar-refractivity contribution in [3.8, 4) is 11.5 Å². The van der Waals surface area contributed by atoms with E-state index in [1.807, 2.05) is 60.7 Å². The number of nitrogens with zero attached hydrogens (tertiary/aromatic N) is 2. The van der Waals surface area contributed by atoms with E-state index in [4.69, 9.17) is 18.2 Å². The van der Waals surface area contributed by atoms with Crippen LogP contribution in [0.25, 0.3) is 86.6 Å². The molecule has 0 saturated carbocycles. The lowest BCUT2D eigenvalue weighted by Gasteiger charge is -2.25. The van der Waals surface area contributed by atoms with Crippen LogP contribution in [-0.2, 0) is 0 Å². The molecule has 11 aromatic rings. The van der Waals surface area contributed by atoms with Crippen LogP contribution in [0.2, 0.25) is 0 Å². The molecule has 0 saturated heterocycles. The maximum absolute atomic E-state index is 6.71. The lowest BCUT2D eigenvalue weighted by molar-refractivity contribution is 0.622. The average molecular weight is 649 g/mol. The first-order valence-corrected chi connectivity index (χ1v) is 17.0. The summed E-state index contributed by atoms with van der Waals surface area (Å²) in [4.78, 5) is 7.50. The summed E-state index contributed by atoms with van der Waals surface area (Å²) >= 11 is 1.81. The zero-order chi connectivity index (χ0) is 32.1. The minimum atomic E-state index is 0.561. The highest BCUT2D eigenvalue weighted by molar-refractivity contribution is 7.25. The van der Waals surface area contributed by atoms with Gasteiger partial charge in [-0.05, 0) is 60.7 Å². The molecule has 6 heteroatoms. The lowest BCUT2D eigenvalue weighted by Crippen LogP contribution is -2.10. The molecule has 5 nitrogen and oxygen atoms in total. The third-order valence-electron chi connectivity index (χ3n) is 9.49. The van der Waals surface area contributed by atoms with E-state index in [-0.39, 0.29) is 0 Å². The molecule has 0 radical (unpaired) electrons. The Morgan fingerprint density at radius 1 is 0.469 bits per heavy atom. The minimum absolute atomic E-state index is 0.561. The number of hydrogen-bond acceptors (Lipinski definition) is 6. The van der Waals surface area contributed by atoms with Crippen molar-refractivity contribution in [1.29, 1.82) is 0 Å². The SMILES string of the molecule is c1ccc(-c2nc3c(N(c4ccc5c(c4)sc4ccccc45)c4ccc5oc6ccccc6c5c4)cc4oc5ccccc5c4c3o2)cc1. The molecular formula is C43H24N2O3S. The van der Waals surface area contributed by atoms with Gasteiger partial charge in [0.2, 0.25) is 5.89 Å². The van der Waals surface area contributed by atoms with E-state index < -0.39 is 0 Å². The smallest absolute Gasteiger partial charge is 0.227 e. The van der Waals surface area contributed by atoms with Crippen LogP contribution >= 0.6 is 11.3 Å². The van der Waals surface area contributed by atoms with Crippen molar-refractivity contribution < 1.29 is 13.3 Å². The van der Waals surface area contributed by atoms with Crippen molar-refractivity contribution in [2.75, 3.05) is 4.90 Å². The number of rotatable bonds is 4. The van der Waals surface area contributed by atoms with Gasteiger partial charge in [-0.15, -0.1) is 11.3 Å². The Kier molecular flexibility index (Phi) is 5.48. The highest BCUT2D eigenvalue weighted by Crippen LogP contribution is 2.47. The van der Waals surface area contributed by atoms with Crippen molar-refractivity contribution >= 4 is 104 Å². The normalized spacial score (nSPS) is 12.1. The summed E-state index contributed by atoms with van der Waals surface area (Å²) < 4.78 is 22.0. The van der Waals surface area contributed by atoms with Crippen molar-refractivity contribution in [3.63, 3.8) is 0 Å². The third-order valence-corrected chi connectivity index (χ3v) is 10.6. The van der Waals surface area contributed by atoms with E-state index in [0.29, 0.717) is 11.5 Å². The molecule has 0 bridgehead atoms. The van der Waals surface area contributed by atoms with Gasteiger partial charge in [-0.25, -0.2) is 4.98 Å². The highest BCUT2D eigenvalue weighted by Gasteiger charge is 2.26. The first kappa shape index (κ1) is 26.7. The van der Waals surface area contributed by atoms with Crippen LogP contribution in [0.1, 0.15) is 0 Å². The molecule has 7 aromatic carbocycles. The van der Waals surface area contributed by atoms with Crippen LogP contribution in [-0.4, -0.2) is 4.98 Å². The number of anilines is 3. The number of thiophene rings is 1. The Labute approximate surface area is 282 Å². The lowest BCUT2D eigenvalue weighted by atomic mass is 10.1. The Morgan fingerprint density at radius 3 is 2.00 bits per heavy atom. The van der Waals surface area contributed by atoms with Gasteiger partial charge in [0.1, 0.15) is 27.8 Å². The quantitative estimate of drug-likeness (QED) is 0.190. The van der Waals surface area contributed by atoms with E-state index in [0.717, 1.165) is 72.0 Å². The molecule has 0 unspecified atom stereocenters. The van der Waals surface area contributed by atoms with Crippen LogP contribution in [0.5, 0.6) is 0 Å². The molecule has 0 aliphatic carbocycles. The van der Waals surface area contributed by atoms with Crippen molar-refractivity contribution in [1.82, 2.24) is 4.98 Å². The Hall–Kier alpha value is -6.37. The van der Waals surface area contributed by atoms with Gasteiger partial charge in [0.25, 0.3) is 0 Å². The van der Waals surface area contributed by atoms with Gasteiger partial charge in [0, 0.05) is 59.3 Å². The summed E-state index contributed by atoms with van der Waals surface area (Å²) in [7, 11) is 0. The van der Waals surface area contributed by atoms with E-state index in [1.54, 1.807) is 11.3 Å². The Balaban J connectivity index is 1.25. The van der Waals surface area contributed by atoms with Gasteiger partial charge in [0.15, 0.2) is 5.58 Å². The van der Waals surface area contributed by atoms with Gasteiger partial charge in [-0.1, -0.05) is 78.9 Å². The minimum Gasteiger partial charge on any atom is -0.456 e. The van der Waals surface area contributed by atoms with Crippen LogP contribution < -0.4 is 4.90 Å². The summed E-state index contributed by atoms with van der Waals surface area (Å²) in [6.45, 7) is 0.